The Morgan fingerprint density at radius 1 is 0.958 bits per heavy atom. The Morgan fingerprint density at radius 2 is 1.38 bits per heavy atom. The zero-order chi connectivity index (χ0) is 17.6. The van der Waals surface area contributed by atoms with E-state index in [1.165, 1.54) is 22.7 Å². The molecule has 8 heteroatoms. The van der Waals surface area contributed by atoms with Gasteiger partial charge in [0.05, 0.1) is 26.4 Å². The van der Waals surface area contributed by atoms with Gasteiger partial charge in [-0.3, -0.25) is 14.5 Å². The lowest BCUT2D eigenvalue weighted by Gasteiger charge is -2.10. The molecule has 0 unspecified atom stereocenters. The fourth-order valence-electron chi connectivity index (χ4n) is 2.70. The van der Waals surface area contributed by atoms with Gasteiger partial charge in [0.2, 0.25) is 0 Å². The molecule has 0 atom stereocenters. The van der Waals surface area contributed by atoms with Crippen LogP contribution in [0, 0.1) is 13.8 Å². The molecule has 2 aromatic heterocycles. The van der Waals surface area contributed by atoms with Crippen LogP contribution in [-0.4, -0.2) is 29.5 Å². The van der Waals surface area contributed by atoms with Gasteiger partial charge in [-0.15, -0.1) is 22.7 Å². The van der Waals surface area contributed by atoms with Crippen LogP contribution in [0.25, 0.3) is 11.1 Å². The van der Waals surface area contributed by atoms with Gasteiger partial charge in [0.15, 0.2) is 0 Å². The fourth-order valence-corrected chi connectivity index (χ4v) is 5.10. The average molecular weight is 400 g/mol. The first-order valence-corrected chi connectivity index (χ1v) is 9.30. The largest absolute Gasteiger partial charge is 0.301 e. The van der Waals surface area contributed by atoms with Crippen molar-refractivity contribution >= 4 is 75.1 Å². The maximum absolute atomic E-state index is 12.8. The van der Waals surface area contributed by atoms with Crippen molar-refractivity contribution < 1.29 is 14.4 Å². The predicted molar refractivity (Wildman–Crippen MR) is 97.7 cm³/mol. The third-order valence-corrected chi connectivity index (χ3v) is 6.10. The van der Waals surface area contributed by atoms with Crippen LogP contribution in [0.3, 0.4) is 0 Å². The summed E-state index contributed by atoms with van der Waals surface area (Å²) >= 11 is 14.8. The average Bonchev–Trinajstić information content (AvgIpc) is 3.08. The molecule has 0 fully saturated rings. The quantitative estimate of drug-likeness (QED) is 0.571. The van der Waals surface area contributed by atoms with Gasteiger partial charge in [-0.2, -0.15) is 0 Å². The summed E-state index contributed by atoms with van der Waals surface area (Å²) < 4.78 is 1.06. The van der Waals surface area contributed by atoms with Gasteiger partial charge in [-0.05, 0) is 26.0 Å². The lowest BCUT2D eigenvalue weighted by molar-refractivity contribution is -0.137. The van der Waals surface area contributed by atoms with Crippen LogP contribution in [0.15, 0.2) is 12.1 Å². The minimum absolute atomic E-state index is 0.278. The molecule has 2 amide bonds. The Hall–Kier alpha value is -1.47. The summed E-state index contributed by atoms with van der Waals surface area (Å²) in [5.74, 6) is -0.970. The third kappa shape index (κ3) is 2.73. The second kappa shape index (κ2) is 6.44. The topological polar surface area (TPSA) is 54.5 Å². The number of hydrogen-bond acceptors (Lipinski definition) is 5. The second-order valence-corrected chi connectivity index (χ2v) is 8.95. The molecule has 124 valence electrons. The summed E-state index contributed by atoms with van der Waals surface area (Å²) in [6.07, 6.45) is 0.539. The third-order valence-electron chi connectivity index (χ3n) is 3.74. The van der Waals surface area contributed by atoms with Crippen LogP contribution in [0.4, 0.5) is 0 Å². The van der Waals surface area contributed by atoms with Crippen LogP contribution < -0.4 is 0 Å². The molecule has 1 aliphatic heterocycles. The van der Waals surface area contributed by atoms with Gasteiger partial charge in [0.25, 0.3) is 11.8 Å². The molecule has 1 aliphatic rings. The molecule has 0 radical (unpaired) electrons. The highest BCUT2D eigenvalue weighted by molar-refractivity contribution is 7.16. The minimum atomic E-state index is -0.485. The summed E-state index contributed by atoms with van der Waals surface area (Å²) in [4.78, 5) is 39.1. The van der Waals surface area contributed by atoms with Crippen molar-refractivity contribution in [1.82, 2.24) is 4.90 Å². The van der Waals surface area contributed by atoms with Gasteiger partial charge >= 0.3 is 0 Å². The molecule has 24 heavy (non-hydrogen) atoms. The summed E-state index contributed by atoms with van der Waals surface area (Å²) in [6.45, 7) is 3.40. The zero-order valence-corrected chi connectivity index (χ0v) is 15.8. The number of carbonyl (C=O) groups excluding carboxylic acids is 3. The normalized spacial score (nSPS) is 14.9. The smallest absolute Gasteiger partial charge is 0.262 e. The van der Waals surface area contributed by atoms with Crippen LogP contribution in [-0.2, 0) is 14.4 Å². The Labute approximate surface area is 156 Å². The lowest BCUT2D eigenvalue weighted by Crippen LogP contribution is -2.33. The first-order chi connectivity index (χ1) is 11.3. The molecule has 3 heterocycles. The first kappa shape index (κ1) is 17.4. The number of amides is 2. The van der Waals surface area contributed by atoms with Crippen molar-refractivity contribution in [3.63, 3.8) is 0 Å². The predicted octanol–water partition coefficient (Wildman–Crippen LogP) is 4.21. The monoisotopic (exact) mass is 399 g/mol. The van der Waals surface area contributed by atoms with E-state index in [4.69, 9.17) is 23.2 Å². The molecule has 0 saturated carbocycles. The lowest BCUT2D eigenvalue weighted by atomic mass is 9.97. The molecular weight excluding hydrogens is 389 g/mol. The number of thiophene rings is 2. The minimum Gasteiger partial charge on any atom is -0.301 e. The van der Waals surface area contributed by atoms with E-state index in [9.17, 15) is 14.4 Å². The number of imide groups is 1. The number of halogens is 2. The maximum atomic E-state index is 12.8. The fraction of sp³-hybridized carbons (Fsp3) is 0.188. The van der Waals surface area contributed by atoms with Crippen LogP contribution in [0.2, 0.25) is 8.67 Å². The van der Waals surface area contributed by atoms with Crippen LogP contribution in [0.5, 0.6) is 0 Å². The van der Waals surface area contributed by atoms with Crippen molar-refractivity contribution in [2.75, 3.05) is 6.54 Å². The summed E-state index contributed by atoms with van der Waals surface area (Å²) in [5.41, 5.74) is 1.79. The van der Waals surface area contributed by atoms with E-state index in [-0.39, 0.29) is 17.7 Å². The van der Waals surface area contributed by atoms with E-state index in [1.807, 2.05) is 13.8 Å². The highest BCUT2D eigenvalue weighted by Crippen LogP contribution is 2.43. The van der Waals surface area contributed by atoms with E-state index in [0.29, 0.717) is 26.1 Å². The maximum Gasteiger partial charge on any atom is 0.262 e. The molecule has 3 rings (SSSR count). The molecule has 0 N–H and O–H groups in total. The van der Waals surface area contributed by atoms with Gasteiger partial charge in [-0.25, -0.2) is 0 Å². The highest BCUT2D eigenvalue weighted by Gasteiger charge is 2.41. The number of aldehydes is 1. The van der Waals surface area contributed by atoms with E-state index in [0.717, 1.165) is 14.7 Å². The van der Waals surface area contributed by atoms with Crippen molar-refractivity contribution in [2.24, 2.45) is 0 Å². The van der Waals surface area contributed by atoms with E-state index >= 15 is 0 Å². The molecule has 2 aromatic rings. The molecular formula is C16H11Cl2NO3S2. The Bertz CT molecular complexity index is 842. The Balaban J connectivity index is 2.29. The SMILES string of the molecule is Cc1sc(Cl)cc1C1=C(c2cc(Cl)sc2C)C(=O)N(CC=O)C1=O. The number of carbonyl (C=O) groups is 3. The van der Waals surface area contributed by atoms with Crippen LogP contribution >= 0.6 is 45.9 Å². The molecule has 0 bridgehead atoms. The standard InChI is InChI=1S/C16H11Cl2NO3S2/c1-7-9(5-11(17)23-7)13-14(10-6-12(18)24-8(10)2)16(22)19(3-4-20)15(13)21/h4-6H,3H2,1-2H3. The number of aryl methyl sites for hydroxylation is 2. The summed E-state index contributed by atoms with van der Waals surface area (Å²) in [5, 5.41) is 0. The second-order valence-electron chi connectivity index (χ2n) is 5.18. The molecule has 0 saturated heterocycles. The number of rotatable bonds is 4. The summed E-state index contributed by atoms with van der Waals surface area (Å²) in [6, 6.07) is 3.35. The van der Waals surface area contributed by atoms with E-state index in [2.05, 4.69) is 0 Å². The first-order valence-electron chi connectivity index (χ1n) is 6.91. The van der Waals surface area contributed by atoms with Crippen molar-refractivity contribution in [1.29, 1.82) is 0 Å². The highest BCUT2D eigenvalue weighted by atomic mass is 35.5. The molecule has 0 aromatic carbocycles. The van der Waals surface area contributed by atoms with Crippen molar-refractivity contribution in [3.05, 3.63) is 41.7 Å². The van der Waals surface area contributed by atoms with Gasteiger partial charge in [0.1, 0.15) is 6.29 Å². The van der Waals surface area contributed by atoms with E-state index < -0.39 is 11.8 Å². The van der Waals surface area contributed by atoms with Gasteiger partial charge in [0, 0.05) is 20.9 Å². The summed E-state index contributed by atoms with van der Waals surface area (Å²) in [7, 11) is 0. The number of nitrogens with zero attached hydrogens (tertiary/aromatic N) is 1. The van der Waals surface area contributed by atoms with Crippen molar-refractivity contribution in [2.45, 2.75) is 13.8 Å². The molecule has 0 aliphatic carbocycles. The van der Waals surface area contributed by atoms with Gasteiger partial charge in [-0.1, -0.05) is 23.2 Å². The van der Waals surface area contributed by atoms with Crippen molar-refractivity contribution in [3.8, 4) is 0 Å². The molecule has 0 spiro atoms. The van der Waals surface area contributed by atoms with E-state index in [1.54, 1.807) is 12.1 Å². The zero-order valence-electron chi connectivity index (χ0n) is 12.7. The van der Waals surface area contributed by atoms with Crippen LogP contribution in [0.1, 0.15) is 20.9 Å². The number of hydrogen-bond donors (Lipinski definition) is 0. The van der Waals surface area contributed by atoms with Gasteiger partial charge < -0.3 is 4.79 Å². The molecule has 4 nitrogen and oxygen atoms in total. The Morgan fingerprint density at radius 3 is 1.67 bits per heavy atom. The Kier molecular flexibility index (Phi) is 4.66.